The lowest BCUT2D eigenvalue weighted by Crippen LogP contribution is -2.29. The predicted octanol–water partition coefficient (Wildman–Crippen LogP) is 4.77. The summed E-state index contributed by atoms with van der Waals surface area (Å²) in [4.78, 5) is 14.7. The first-order valence-corrected chi connectivity index (χ1v) is 10.8. The normalized spacial score (nSPS) is 13.9. The maximum absolute atomic E-state index is 13.1. The van der Waals surface area contributed by atoms with Crippen molar-refractivity contribution in [2.24, 2.45) is 0 Å². The third-order valence-corrected chi connectivity index (χ3v) is 6.10. The Hall–Kier alpha value is -3.33. The maximum Gasteiger partial charge on any atom is 0.516 e. The average Bonchev–Trinajstić information content (AvgIpc) is 3.05. The highest BCUT2D eigenvalue weighted by molar-refractivity contribution is 7.93. The predicted molar refractivity (Wildman–Crippen MR) is 110 cm³/mol. The van der Waals surface area contributed by atoms with E-state index in [0.29, 0.717) is 17.7 Å². The molecule has 0 bridgehead atoms. The summed E-state index contributed by atoms with van der Waals surface area (Å²) in [6.07, 6.45) is 0. The quantitative estimate of drug-likeness (QED) is 0.614. The van der Waals surface area contributed by atoms with E-state index in [1.54, 1.807) is 4.90 Å². The number of hydrogen-bond donors (Lipinski definition) is 1. The van der Waals surface area contributed by atoms with Crippen molar-refractivity contribution in [3.63, 3.8) is 0 Å². The first kappa shape index (κ1) is 20.9. The fourth-order valence-corrected chi connectivity index (χ4v) is 4.08. The number of carbonyl (C=O) groups is 1. The van der Waals surface area contributed by atoms with Gasteiger partial charge < -0.3 is 4.90 Å². The molecule has 1 N–H and O–H groups in total. The van der Waals surface area contributed by atoms with Crippen LogP contribution in [-0.4, -0.2) is 24.7 Å². The Balaban J connectivity index is 1.52. The van der Waals surface area contributed by atoms with Crippen molar-refractivity contribution >= 4 is 21.6 Å². The summed E-state index contributed by atoms with van der Waals surface area (Å²) < 4.78 is 61.4. The Morgan fingerprint density at radius 1 is 0.903 bits per heavy atom. The first-order chi connectivity index (χ1) is 14.7. The number of amides is 1. The van der Waals surface area contributed by atoms with Crippen LogP contribution in [0.15, 0.2) is 72.8 Å². The Kier molecular flexibility index (Phi) is 5.22. The number of nitrogens with one attached hydrogen (secondary N) is 1. The largest absolute Gasteiger partial charge is 0.516 e. The van der Waals surface area contributed by atoms with Gasteiger partial charge in [-0.05, 0) is 34.4 Å². The summed E-state index contributed by atoms with van der Waals surface area (Å²) in [6.45, 7) is 0.658. The van der Waals surface area contributed by atoms with E-state index >= 15 is 0 Å². The molecule has 3 aromatic carbocycles. The van der Waals surface area contributed by atoms with Gasteiger partial charge in [0.15, 0.2) is 0 Å². The molecule has 160 valence electrons. The summed E-state index contributed by atoms with van der Waals surface area (Å²) in [5, 5.41) is 0. The Labute approximate surface area is 177 Å². The van der Waals surface area contributed by atoms with Gasteiger partial charge >= 0.3 is 15.5 Å². The molecular formula is C22H17F3N2O3S. The number of anilines is 1. The molecule has 1 heterocycles. The van der Waals surface area contributed by atoms with Crippen molar-refractivity contribution in [2.75, 3.05) is 4.72 Å². The minimum Gasteiger partial charge on any atom is -0.330 e. The molecule has 0 saturated heterocycles. The second-order valence-electron chi connectivity index (χ2n) is 7.12. The van der Waals surface area contributed by atoms with Gasteiger partial charge in [0.2, 0.25) is 0 Å². The third-order valence-electron chi connectivity index (χ3n) is 4.98. The standard InChI is InChI=1S/C22H17F3N2O3S/c23-22(24,25)31(29,30)26-18-11-9-15(10-12-18)13-27-14-17-7-4-8-19(20(17)21(27)28)16-5-2-1-3-6-16/h1-12,26H,13-14H2. The van der Waals surface area contributed by atoms with Gasteiger partial charge in [0.05, 0.1) is 5.56 Å². The van der Waals surface area contributed by atoms with Gasteiger partial charge in [-0.2, -0.15) is 21.6 Å². The number of fused-ring (bicyclic) bond motifs is 1. The van der Waals surface area contributed by atoms with E-state index in [0.717, 1.165) is 16.7 Å². The monoisotopic (exact) mass is 446 g/mol. The molecule has 0 aromatic heterocycles. The SMILES string of the molecule is O=C1c2c(cccc2-c2ccccc2)CN1Cc1ccc(NS(=O)(=O)C(F)(F)F)cc1. The lowest BCUT2D eigenvalue weighted by Gasteiger charge is -2.16. The number of sulfonamides is 1. The van der Waals surface area contributed by atoms with Crippen molar-refractivity contribution in [2.45, 2.75) is 18.6 Å². The summed E-state index contributed by atoms with van der Waals surface area (Å²) in [5.74, 6) is -0.128. The van der Waals surface area contributed by atoms with Crippen molar-refractivity contribution in [1.29, 1.82) is 0 Å². The summed E-state index contributed by atoms with van der Waals surface area (Å²) in [6, 6.07) is 20.7. The minimum atomic E-state index is -5.48. The van der Waals surface area contributed by atoms with Crippen LogP contribution in [0.2, 0.25) is 0 Å². The summed E-state index contributed by atoms with van der Waals surface area (Å²) in [5.41, 5.74) is -1.60. The van der Waals surface area contributed by atoms with E-state index in [4.69, 9.17) is 0 Å². The number of rotatable bonds is 5. The molecule has 9 heteroatoms. The minimum absolute atomic E-state index is 0.128. The number of nitrogens with zero attached hydrogens (tertiary/aromatic N) is 1. The zero-order valence-corrected chi connectivity index (χ0v) is 16.9. The van der Waals surface area contributed by atoms with Gasteiger partial charge in [-0.1, -0.05) is 60.7 Å². The average molecular weight is 446 g/mol. The molecule has 0 spiro atoms. The van der Waals surface area contributed by atoms with E-state index in [1.165, 1.54) is 29.0 Å². The van der Waals surface area contributed by atoms with E-state index in [9.17, 15) is 26.4 Å². The van der Waals surface area contributed by atoms with Gasteiger partial charge in [0, 0.05) is 18.8 Å². The van der Waals surface area contributed by atoms with Gasteiger partial charge in [0.1, 0.15) is 0 Å². The van der Waals surface area contributed by atoms with E-state index < -0.39 is 15.5 Å². The van der Waals surface area contributed by atoms with E-state index in [1.807, 2.05) is 48.5 Å². The molecule has 0 aliphatic carbocycles. The van der Waals surface area contributed by atoms with E-state index in [2.05, 4.69) is 0 Å². The number of carbonyl (C=O) groups excluding carboxylic acids is 1. The van der Waals surface area contributed by atoms with Gasteiger partial charge in [-0.25, -0.2) is 0 Å². The number of benzene rings is 3. The second-order valence-corrected chi connectivity index (χ2v) is 8.79. The van der Waals surface area contributed by atoms with Crippen molar-refractivity contribution in [3.05, 3.63) is 89.5 Å². The molecule has 4 rings (SSSR count). The van der Waals surface area contributed by atoms with Crippen LogP contribution in [0.5, 0.6) is 0 Å². The molecule has 1 aliphatic heterocycles. The van der Waals surface area contributed by atoms with Crippen LogP contribution >= 0.6 is 0 Å². The van der Waals surface area contributed by atoms with Crippen LogP contribution in [0, 0.1) is 0 Å². The third kappa shape index (κ3) is 4.13. The maximum atomic E-state index is 13.1. The summed E-state index contributed by atoms with van der Waals surface area (Å²) >= 11 is 0. The van der Waals surface area contributed by atoms with Gasteiger partial charge in [-0.15, -0.1) is 0 Å². The molecule has 5 nitrogen and oxygen atoms in total. The van der Waals surface area contributed by atoms with Crippen molar-refractivity contribution in [1.82, 2.24) is 4.90 Å². The zero-order chi connectivity index (χ0) is 22.2. The molecule has 31 heavy (non-hydrogen) atoms. The van der Waals surface area contributed by atoms with Crippen LogP contribution in [0.25, 0.3) is 11.1 Å². The van der Waals surface area contributed by atoms with Crippen LogP contribution in [-0.2, 0) is 23.1 Å². The highest BCUT2D eigenvalue weighted by atomic mass is 32.2. The molecule has 0 unspecified atom stereocenters. The topological polar surface area (TPSA) is 66.5 Å². The lowest BCUT2D eigenvalue weighted by atomic mass is 9.97. The molecule has 0 fully saturated rings. The van der Waals surface area contributed by atoms with Crippen molar-refractivity contribution in [3.8, 4) is 11.1 Å². The van der Waals surface area contributed by atoms with E-state index in [-0.39, 0.29) is 18.1 Å². The van der Waals surface area contributed by atoms with Crippen LogP contribution < -0.4 is 4.72 Å². The molecule has 0 saturated carbocycles. The van der Waals surface area contributed by atoms with Crippen LogP contribution in [0.4, 0.5) is 18.9 Å². The molecule has 3 aromatic rings. The Morgan fingerprint density at radius 3 is 2.23 bits per heavy atom. The fraction of sp³-hybridized carbons (Fsp3) is 0.136. The first-order valence-electron chi connectivity index (χ1n) is 9.30. The number of halogens is 3. The van der Waals surface area contributed by atoms with Gasteiger partial charge in [-0.3, -0.25) is 9.52 Å². The number of hydrogen-bond acceptors (Lipinski definition) is 3. The van der Waals surface area contributed by atoms with Gasteiger partial charge in [0.25, 0.3) is 5.91 Å². The zero-order valence-electron chi connectivity index (χ0n) is 16.1. The fourth-order valence-electron chi connectivity index (χ4n) is 3.52. The molecular weight excluding hydrogens is 429 g/mol. The molecule has 1 aliphatic rings. The number of alkyl halides is 3. The highest BCUT2D eigenvalue weighted by Gasteiger charge is 2.46. The second kappa shape index (κ2) is 7.73. The summed E-state index contributed by atoms with van der Waals surface area (Å²) in [7, 11) is -5.48. The van der Waals surface area contributed by atoms with Crippen LogP contribution in [0.1, 0.15) is 21.5 Å². The highest BCUT2D eigenvalue weighted by Crippen LogP contribution is 2.33. The molecule has 0 radical (unpaired) electrons. The lowest BCUT2D eigenvalue weighted by molar-refractivity contribution is -0.0429. The van der Waals surface area contributed by atoms with Crippen LogP contribution in [0.3, 0.4) is 0 Å². The smallest absolute Gasteiger partial charge is 0.330 e. The molecule has 1 amide bonds. The Morgan fingerprint density at radius 2 is 1.58 bits per heavy atom. The Bertz CT molecular complexity index is 1230. The molecule has 0 atom stereocenters. The van der Waals surface area contributed by atoms with Crippen molar-refractivity contribution < 1.29 is 26.4 Å².